The number of carbonyl (C=O) groups excluding carboxylic acids is 1. The standard InChI is InChI=1S/C22H22FN3O4S/c1-15-5-6-16(13-19(15)23)21-14-20(25-30-21)22(27)24-17-7-9-18(10-8-17)31(28,29)26-11-3-2-4-12-26/h5-10,13-14H,2-4,11-12H2,1H3,(H,24,27). The maximum absolute atomic E-state index is 13.8. The predicted molar refractivity (Wildman–Crippen MR) is 114 cm³/mol. The molecule has 0 saturated carbocycles. The van der Waals surface area contributed by atoms with Crippen molar-refractivity contribution in [1.82, 2.24) is 9.46 Å². The van der Waals surface area contributed by atoms with Gasteiger partial charge in [0.25, 0.3) is 5.91 Å². The van der Waals surface area contributed by atoms with Gasteiger partial charge in [-0.2, -0.15) is 4.31 Å². The van der Waals surface area contributed by atoms with Crippen molar-refractivity contribution in [2.45, 2.75) is 31.1 Å². The van der Waals surface area contributed by atoms with Crippen molar-refractivity contribution in [2.75, 3.05) is 18.4 Å². The number of nitrogens with zero attached hydrogens (tertiary/aromatic N) is 2. The molecule has 0 atom stereocenters. The van der Waals surface area contributed by atoms with Gasteiger partial charge in [0, 0.05) is 30.4 Å². The summed E-state index contributed by atoms with van der Waals surface area (Å²) in [5.74, 6) is -0.624. The fraction of sp³-hybridized carbons (Fsp3) is 0.273. The highest BCUT2D eigenvalue weighted by Gasteiger charge is 2.25. The van der Waals surface area contributed by atoms with E-state index in [9.17, 15) is 17.6 Å². The van der Waals surface area contributed by atoms with Gasteiger partial charge >= 0.3 is 0 Å². The van der Waals surface area contributed by atoms with Crippen LogP contribution in [0.2, 0.25) is 0 Å². The molecule has 31 heavy (non-hydrogen) atoms. The van der Waals surface area contributed by atoms with Gasteiger partial charge in [0.15, 0.2) is 11.5 Å². The summed E-state index contributed by atoms with van der Waals surface area (Å²) in [4.78, 5) is 12.7. The molecule has 0 radical (unpaired) electrons. The third-order valence-corrected chi connectivity index (χ3v) is 7.18. The van der Waals surface area contributed by atoms with E-state index >= 15 is 0 Å². The van der Waals surface area contributed by atoms with E-state index in [0.29, 0.717) is 29.9 Å². The number of nitrogens with one attached hydrogen (secondary N) is 1. The molecule has 0 unspecified atom stereocenters. The molecule has 7 nitrogen and oxygen atoms in total. The Hall–Kier alpha value is -3.04. The minimum absolute atomic E-state index is 0.0287. The van der Waals surface area contributed by atoms with Crippen LogP contribution >= 0.6 is 0 Å². The zero-order chi connectivity index (χ0) is 22.0. The third-order valence-electron chi connectivity index (χ3n) is 5.26. The minimum atomic E-state index is -3.53. The number of amides is 1. The molecule has 4 rings (SSSR count). The lowest BCUT2D eigenvalue weighted by Crippen LogP contribution is -2.35. The second-order valence-electron chi connectivity index (χ2n) is 7.48. The molecule has 2 heterocycles. The van der Waals surface area contributed by atoms with E-state index in [1.54, 1.807) is 19.1 Å². The summed E-state index contributed by atoms with van der Waals surface area (Å²) in [6.45, 7) is 2.71. The molecule has 162 valence electrons. The number of halogens is 1. The van der Waals surface area contributed by atoms with Crippen molar-refractivity contribution in [3.8, 4) is 11.3 Å². The minimum Gasteiger partial charge on any atom is -0.355 e. The van der Waals surface area contributed by atoms with Crippen molar-refractivity contribution in [3.05, 3.63) is 65.6 Å². The van der Waals surface area contributed by atoms with Gasteiger partial charge in [0.05, 0.1) is 4.90 Å². The van der Waals surface area contributed by atoms with Crippen LogP contribution in [-0.2, 0) is 10.0 Å². The monoisotopic (exact) mass is 443 g/mol. The lowest BCUT2D eigenvalue weighted by atomic mass is 10.1. The largest absolute Gasteiger partial charge is 0.355 e. The number of aryl methyl sites for hydroxylation is 1. The fourth-order valence-corrected chi connectivity index (χ4v) is 4.94. The SMILES string of the molecule is Cc1ccc(-c2cc(C(=O)Nc3ccc(S(=O)(=O)N4CCCCC4)cc3)no2)cc1F. The molecular formula is C22H22FN3O4S. The van der Waals surface area contributed by atoms with Gasteiger partial charge in [0.1, 0.15) is 5.82 Å². The van der Waals surface area contributed by atoms with Crippen LogP contribution in [0.5, 0.6) is 0 Å². The maximum atomic E-state index is 13.8. The van der Waals surface area contributed by atoms with Crippen LogP contribution in [-0.4, -0.2) is 36.9 Å². The molecular weight excluding hydrogens is 421 g/mol. The molecule has 3 aromatic rings. The first kappa shape index (κ1) is 21.2. The summed E-state index contributed by atoms with van der Waals surface area (Å²) in [5, 5.41) is 6.40. The van der Waals surface area contributed by atoms with Crippen LogP contribution in [0.1, 0.15) is 35.3 Å². The molecule has 1 saturated heterocycles. The van der Waals surface area contributed by atoms with Crippen LogP contribution in [0, 0.1) is 12.7 Å². The molecule has 0 bridgehead atoms. The molecule has 9 heteroatoms. The summed E-state index contributed by atoms with van der Waals surface area (Å²) in [6, 6.07) is 12.1. The number of carbonyl (C=O) groups is 1. The van der Waals surface area contributed by atoms with E-state index < -0.39 is 15.9 Å². The van der Waals surface area contributed by atoms with Gasteiger partial charge in [-0.1, -0.05) is 23.7 Å². The molecule has 0 spiro atoms. The van der Waals surface area contributed by atoms with Crippen molar-refractivity contribution in [1.29, 1.82) is 0 Å². The maximum Gasteiger partial charge on any atom is 0.277 e. The second-order valence-corrected chi connectivity index (χ2v) is 9.42. The Balaban J connectivity index is 1.45. The topological polar surface area (TPSA) is 92.5 Å². The van der Waals surface area contributed by atoms with E-state index in [1.165, 1.54) is 40.7 Å². The van der Waals surface area contributed by atoms with Crippen LogP contribution in [0.3, 0.4) is 0 Å². The van der Waals surface area contributed by atoms with Gasteiger partial charge in [-0.3, -0.25) is 4.79 Å². The fourth-order valence-electron chi connectivity index (χ4n) is 3.42. The summed E-state index contributed by atoms with van der Waals surface area (Å²) >= 11 is 0. The summed E-state index contributed by atoms with van der Waals surface area (Å²) < 4.78 is 45.9. The first-order valence-electron chi connectivity index (χ1n) is 9.99. The Morgan fingerprint density at radius 1 is 1.06 bits per heavy atom. The van der Waals surface area contributed by atoms with E-state index in [2.05, 4.69) is 10.5 Å². The summed E-state index contributed by atoms with van der Waals surface area (Å²) in [7, 11) is -3.53. The first-order valence-corrected chi connectivity index (χ1v) is 11.4. The quantitative estimate of drug-likeness (QED) is 0.638. The number of hydrogen-bond donors (Lipinski definition) is 1. The zero-order valence-electron chi connectivity index (χ0n) is 17.0. The van der Waals surface area contributed by atoms with Crippen LogP contribution in [0.15, 0.2) is 57.9 Å². The van der Waals surface area contributed by atoms with Crippen molar-refractivity contribution >= 4 is 21.6 Å². The number of sulfonamides is 1. The molecule has 1 aliphatic heterocycles. The Bertz CT molecular complexity index is 1200. The average Bonchev–Trinajstić information content (AvgIpc) is 3.27. The molecule has 1 fully saturated rings. The number of rotatable bonds is 5. The Morgan fingerprint density at radius 2 is 1.77 bits per heavy atom. The number of aromatic nitrogens is 1. The van der Waals surface area contributed by atoms with E-state index in [-0.39, 0.29) is 22.2 Å². The molecule has 2 aromatic carbocycles. The zero-order valence-corrected chi connectivity index (χ0v) is 17.8. The smallest absolute Gasteiger partial charge is 0.277 e. The highest BCUT2D eigenvalue weighted by atomic mass is 32.2. The third kappa shape index (κ3) is 4.52. The Morgan fingerprint density at radius 3 is 2.45 bits per heavy atom. The summed E-state index contributed by atoms with van der Waals surface area (Å²) in [6.07, 6.45) is 2.77. The Labute approximate surface area is 179 Å². The van der Waals surface area contributed by atoms with Gasteiger partial charge in [-0.15, -0.1) is 0 Å². The van der Waals surface area contributed by atoms with E-state index in [4.69, 9.17) is 4.52 Å². The average molecular weight is 444 g/mol. The van der Waals surface area contributed by atoms with Gasteiger partial charge in [-0.05, 0) is 55.7 Å². The highest BCUT2D eigenvalue weighted by molar-refractivity contribution is 7.89. The molecule has 1 aliphatic rings. The first-order chi connectivity index (χ1) is 14.8. The lowest BCUT2D eigenvalue weighted by Gasteiger charge is -2.25. The lowest BCUT2D eigenvalue weighted by molar-refractivity contribution is 0.101. The van der Waals surface area contributed by atoms with Gasteiger partial charge in [0.2, 0.25) is 10.0 Å². The normalized spacial score (nSPS) is 15.0. The van der Waals surface area contributed by atoms with Gasteiger partial charge in [-0.25, -0.2) is 12.8 Å². The van der Waals surface area contributed by atoms with Crippen LogP contribution in [0.25, 0.3) is 11.3 Å². The number of anilines is 1. The van der Waals surface area contributed by atoms with Crippen LogP contribution in [0.4, 0.5) is 10.1 Å². The second kappa shape index (κ2) is 8.60. The predicted octanol–water partition coefficient (Wildman–Crippen LogP) is 4.22. The van der Waals surface area contributed by atoms with Crippen LogP contribution < -0.4 is 5.32 Å². The van der Waals surface area contributed by atoms with Crippen molar-refractivity contribution < 1.29 is 22.1 Å². The number of hydrogen-bond acceptors (Lipinski definition) is 5. The summed E-state index contributed by atoms with van der Waals surface area (Å²) in [5.41, 5.74) is 1.43. The number of piperidine rings is 1. The molecule has 1 amide bonds. The number of benzene rings is 2. The Kier molecular flexibility index (Phi) is 5.88. The van der Waals surface area contributed by atoms with Crippen molar-refractivity contribution in [2.24, 2.45) is 0 Å². The molecule has 1 N–H and O–H groups in total. The van der Waals surface area contributed by atoms with Gasteiger partial charge < -0.3 is 9.84 Å². The highest BCUT2D eigenvalue weighted by Crippen LogP contribution is 2.24. The van der Waals surface area contributed by atoms with E-state index in [0.717, 1.165) is 19.3 Å². The molecule has 1 aromatic heterocycles. The van der Waals surface area contributed by atoms with E-state index in [1.807, 2.05) is 0 Å². The molecule has 0 aliphatic carbocycles. The van der Waals surface area contributed by atoms with Crippen molar-refractivity contribution in [3.63, 3.8) is 0 Å².